The largest absolute Gasteiger partial charge is 0.264 e. The number of hydrogen-bond acceptors (Lipinski definition) is 2. The molecule has 72 valence electrons. The Hall–Kier alpha value is -1.67. The molecule has 0 N–H and O–H groups in total. The zero-order valence-corrected chi connectivity index (χ0v) is 8.57. The van der Waals surface area contributed by atoms with Crippen molar-refractivity contribution in [3.05, 3.63) is 47.7 Å². The molecule has 2 aromatic heterocycles. The van der Waals surface area contributed by atoms with Gasteiger partial charge in [-0.2, -0.15) is 0 Å². The van der Waals surface area contributed by atoms with Gasteiger partial charge in [-0.1, -0.05) is 29.8 Å². The number of aromatic nitrogens is 2. The number of hydrogen-bond donors (Lipinski definition) is 0. The average molecular weight is 215 g/mol. The van der Waals surface area contributed by atoms with Crippen LogP contribution in [0.25, 0.3) is 21.8 Å². The molecule has 0 unspecified atom stereocenters. The second-order valence-corrected chi connectivity index (χ2v) is 3.71. The van der Waals surface area contributed by atoms with E-state index in [0.717, 1.165) is 26.8 Å². The average Bonchev–Trinajstić information content (AvgIpc) is 2.30. The minimum atomic E-state index is 0.726. The minimum absolute atomic E-state index is 0.726. The molecule has 0 bridgehead atoms. The second kappa shape index (κ2) is 3.17. The van der Waals surface area contributed by atoms with Gasteiger partial charge >= 0.3 is 0 Å². The fourth-order valence-electron chi connectivity index (χ4n) is 1.69. The predicted molar refractivity (Wildman–Crippen MR) is 62.1 cm³/mol. The van der Waals surface area contributed by atoms with Crippen LogP contribution in [0.2, 0.25) is 5.02 Å². The van der Waals surface area contributed by atoms with Gasteiger partial charge in [0.15, 0.2) is 0 Å². The maximum Gasteiger partial charge on any atom is 0.0755 e. The second-order valence-electron chi connectivity index (χ2n) is 3.34. The van der Waals surface area contributed by atoms with E-state index < -0.39 is 0 Å². The molecule has 2 heterocycles. The Balaban J connectivity index is 2.60. The van der Waals surface area contributed by atoms with Gasteiger partial charge in [0.25, 0.3) is 0 Å². The lowest BCUT2D eigenvalue weighted by Crippen LogP contribution is -1.84. The molecule has 0 saturated heterocycles. The lowest BCUT2D eigenvalue weighted by Gasteiger charge is -2.03. The van der Waals surface area contributed by atoms with Crippen LogP contribution in [0.5, 0.6) is 0 Å². The van der Waals surface area contributed by atoms with Crippen LogP contribution < -0.4 is 0 Å². The van der Waals surface area contributed by atoms with Crippen molar-refractivity contribution in [3.63, 3.8) is 0 Å². The molecule has 0 fully saturated rings. The molecule has 3 aromatic rings. The summed E-state index contributed by atoms with van der Waals surface area (Å²) < 4.78 is 0. The molecule has 3 rings (SSSR count). The maximum atomic E-state index is 6.29. The third-order valence-electron chi connectivity index (χ3n) is 2.42. The first-order valence-electron chi connectivity index (χ1n) is 4.64. The van der Waals surface area contributed by atoms with Gasteiger partial charge in [-0.05, 0) is 12.1 Å². The minimum Gasteiger partial charge on any atom is -0.264 e. The van der Waals surface area contributed by atoms with E-state index in [1.807, 2.05) is 30.3 Å². The van der Waals surface area contributed by atoms with Gasteiger partial charge in [-0.15, -0.1) is 0 Å². The summed E-state index contributed by atoms with van der Waals surface area (Å²) in [5.74, 6) is 0. The molecule has 0 radical (unpaired) electrons. The highest BCUT2D eigenvalue weighted by Gasteiger charge is 2.05. The van der Waals surface area contributed by atoms with Gasteiger partial charge in [-0.25, -0.2) is 4.98 Å². The van der Waals surface area contributed by atoms with Crippen molar-refractivity contribution in [2.24, 2.45) is 0 Å². The summed E-state index contributed by atoms with van der Waals surface area (Å²) in [5.41, 5.74) is 1.80. The zero-order valence-electron chi connectivity index (χ0n) is 7.81. The number of pyridine rings is 2. The van der Waals surface area contributed by atoms with Crippen LogP contribution in [-0.2, 0) is 0 Å². The number of benzene rings is 1. The molecular formula is C12H7ClN2. The zero-order chi connectivity index (χ0) is 10.3. The van der Waals surface area contributed by atoms with Crippen molar-refractivity contribution in [1.82, 2.24) is 9.97 Å². The van der Waals surface area contributed by atoms with Crippen LogP contribution in [0.15, 0.2) is 42.7 Å². The number of para-hydroxylation sites is 1. The van der Waals surface area contributed by atoms with Crippen molar-refractivity contribution >= 4 is 33.4 Å². The van der Waals surface area contributed by atoms with Crippen molar-refractivity contribution in [1.29, 1.82) is 0 Å². The molecule has 0 spiro atoms. The Morgan fingerprint density at radius 2 is 1.73 bits per heavy atom. The summed E-state index contributed by atoms with van der Waals surface area (Å²) in [6, 6.07) is 9.71. The van der Waals surface area contributed by atoms with Crippen LogP contribution >= 0.6 is 11.6 Å². The number of fused-ring (bicyclic) bond motifs is 2. The van der Waals surface area contributed by atoms with E-state index in [-0.39, 0.29) is 0 Å². The maximum absolute atomic E-state index is 6.29. The summed E-state index contributed by atoms with van der Waals surface area (Å²) in [6.45, 7) is 0. The van der Waals surface area contributed by atoms with Crippen molar-refractivity contribution < 1.29 is 0 Å². The highest BCUT2D eigenvalue weighted by atomic mass is 35.5. The standard InChI is InChI=1S/C12H7ClN2/c13-12-8-3-1-2-4-10(8)15-11-5-6-14-7-9(11)12/h1-7H. The molecule has 0 aliphatic carbocycles. The Kier molecular flexibility index (Phi) is 1.82. The summed E-state index contributed by atoms with van der Waals surface area (Å²) >= 11 is 6.29. The topological polar surface area (TPSA) is 25.8 Å². The number of halogens is 1. The Morgan fingerprint density at radius 1 is 0.933 bits per heavy atom. The van der Waals surface area contributed by atoms with Gasteiger partial charge in [0, 0.05) is 23.2 Å². The normalized spacial score (nSPS) is 11.0. The summed E-state index contributed by atoms with van der Waals surface area (Å²) in [5, 5.41) is 2.60. The SMILES string of the molecule is Clc1c2ccccc2nc2ccncc12. The fourth-order valence-corrected chi connectivity index (χ4v) is 1.99. The van der Waals surface area contributed by atoms with Crippen molar-refractivity contribution in [2.75, 3.05) is 0 Å². The molecular weight excluding hydrogens is 208 g/mol. The van der Waals surface area contributed by atoms with Gasteiger partial charge in [0.1, 0.15) is 0 Å². The highest BCUT2D eigenvalue weighted by Crippen LogP contribution is 2.29. The summed E-state index contributed by atoms with van der Waals surface area (Å²) in [6.07, 6.45) is 3.47. The molecule has 0 amide bonds. The van der Waals surface area contributed by atoms with Crippen molar-refractivity contribution in [2.45, 2.75) is 0 Å². The Bertz CT molecular complexity index is 595. The fraction of sp³-hybridized carbons (Fsp3) is 0. The van der Waals surface area contributed by atoms with E-state index in [1.54, 1.807) is 12.4 Å². The first-order valence-corrected chi connectivity index (χ1v) is 5.02. The molecule has 15 heavy (non-hydrogen) atoms. The van der Waals surface area contributed by atoms with Gasteiger partial charge < -0.3 is 0 Å². The summed E-state index contributed by atoms with van der Waals surface area (Å²) in [4.78, 5) is 8.57. The Morgan fingerprint density at radius 3 is 2.67 bits per heavy atom. The van der Waals surface area contributed by atoms with Crippen LogP contribution in [0.4, 0.5) is 0 Å². The predicted octanol–water partition coefficient (Wildman–Crippen LogP) is 3.44. The summed E-state index contributed by atoms with van der Waals surface area (Å²) in [7, 11) is 0. The van der Waals surface area contributed by atoms with Crippen LogP contribution in [0.1, 0.15) is 0 Å². The van der Waals surface area contributed by atoms with E-state index >= 15 is 0 Å². The van der Waals surface area contributed by atoms with E-state index in [2.05, 4.69) is 9.97 Å². The molecule has 3 heteroatoms. The van der Waals surface area contributed by atoms with Crippen molar-refractivity contribution in [3.8, 4) is 0 Å². The molecule has 1 aromatic carbocycles. The monoisotopic (exact) mass is 214 g/mol. The molecule has 0 atom stereocenters. The molecule has 0 aliphatic rings. The van der Waals surface area contributed by atoms with E-state index in [9.17, 15) is 0 Å². The first kappa shape index (κ1) is 8.62. The first-order chi connectivity index (χ1) is 7.36. The van der Waals surface area contributed by atoms with E-state index in [0.29, 0.717) is 0 Å². The molecule has 0 aliphatic heterocycles. The lowest BCUT2D eigenvalue weighted by atomic mass is 10.1. The van der Waals surface area contributed by atoms with E-state index in [1.165, 1.54) is 0 Å². The van der Waals surface area contributed by atoms with Gasteiger partial charge in [0.05, 0.1) is 16.1 Å². The molecule has 0 saturated carbocycles. The quantitative estimate of drug-likeness (QED) is 0.536. The third kappa shape index (κ3) is 1.26. The number of rotatable bonds is 0. The number of nitrogens with zero attached hydrogens (tertiary/aromatic N) is 2. The van der Waals surface area contributed by atoms with Gasteiger partial charge in [-0.3, -0.25) is 4.98 Å². The third-order valence-corrected chi connectivity index (χ3v) is 2.82. The lowest BCUT2D eigenvalue weighted by molar-refractivity contribution is 1.34. The smallest absolute Gasteiger partial charge is 0.0755 e. The van der Waals surface area contributed by atoms with Crippen LogP contribution in [0.3, 0.4) is 0 Å². The van der Waals surface area contributed by atoms with Gasteiger partial charge in [0.2, 0.25) is 0 Å². The van der Waals surface area contributed by atoms with Crippen LogP contribution in [0, 0.1) is 0 Å². The highest BCUT2D eigenvalue weighted by molar-refractivity contribution is 6.40. The Labute approximate surface area is 91.5 Å². The van der Waals surface area contributed by atoms with E-state index in [4.69, 9.17) is 11.6 Å². The van der Waals surface area contributed by atoms with Crippen LogP contribution in [-0.4, -0.2) is 9.97 Å². The molecule has 2 nitrogen and oxygen atoms in total.